The van der Waals surface area contributed by atoms with Gasteiger partial charge in [-0.2, -0.15) is 0 Å². The normalized spacial score (nSPS) is 10.1. The van der Waals surface area contributed by atoms with Crippen molar-refractivity contribution in [3.8, 4) is 5.75 Å². The maximum absolute atomic E-state index is 10.9. The van der Waals surface area contributed by atoms with Gasteiger partial charge in [0.15, 0.2) is 0 Å². The summed E-state index contributed by atoms with van der Waals surface area (Å²) in [5.74, 6) is 0.338. The van der Waals surface area contributed by atoms with Gasteiger partial charge in [0.05, 0.1) is 4.47 Å². The van der Waals surface area contributed by atoms with Gasteiger partial charge in [-0.1, -0.05) is 6.07 Å². The van der Waals surface area contributed by atoms with Crippen molar-refractivity contribution in [1.29, 1.82) is 0 Å². The van der Waals surface area contributed by atoms with Crippen molar-refractivity contribution in [2.45, 2.75) is 20.3 Å². The Labute approximate surface area is 85.7 Å². The number of phenols is 1. The van der Waals surface area contributed by atoms with Crippen LogP contribution >= 0.6 is 15.9 Å². The maximum Gasteiger partial charge on any atom is 0.134 e. The molecule has 0 aliphatic heterocycles. The first-order chi connectivity index (χ1) is 6.02. The van der Waals surface area contributed by atoms with Crippen LogP contribution < -0.4 is 0 Å². The zero-order valence-corrected chi connectivity index (χ0v) is 9.18. The number of hydrogen-bond acceptors (Lipinski definition) is 2. The number of carbonyl (C=O) groups excluding carboxylic acids is 1. The summed E-state index contributed by atoms with van der Waals surface area (Å²) in [6, 6.07) is 3.37. The molecule has 0 aromatic heterocycles. The average Bonchev–Trinajstić information content (AvgIpc) is 2.06. The molecule has 1 rings (SSSR count). The number of rotatable bonds is 2. The Hall–Kier alpha value is -0.830. The Bertz CT molecular complexity index is 345. The van der Waals surface area contributed by atoms with E-state index in [0.717, 1.165) is 11.1 Å². The van der Waals surface area contributed by atoms with E-state index in [1.54, 1.807) is 19.1 Å². The third-order valence-corrected chi connectivity index (χ3v) is 2.92. The smallest absolute Gasteiger partial charge is 0.134 e. The van der Waals surface area contributed by atoms with Gasteiger partial charge >= 0.3 is 0 Å². The van der Waals surface area contributed by atoms with Crippen molar-refractivity contribution in [2.24, 2.45) is 0 Å². The number of ketones is 1. The van der Waals surface area contributed by atoms with Crippen molar-refractivity contribution in [2.75, 3.05) is 0 Å². The van der Waals surface area contributed by atoms with Gasteiger partial charge in [0.1, 0.15) is 11.5 Å². The molecule has 0 radical (unpaired) electrons. The lowest BCUT2D eigenvalue weighted by Gasteiger charge is -2.06. The van der Waals surface area contributed by atoms with Crippen LogP contribution in [-0.2, 0) is 11.2 Å². The fourth-order valence-electron chi connectivity index (χ4n) is 1.17. The van der Waals surface area contributed by atoms with Crippen LogP contribution in [0.25, 0.3) is 0 Å². The fourth-order valence-corrected chi connectivity index (χ4v) is 1.56. The minimum atomic E-state index is 0.126. The van der Waals surface area contributed by atoms with Gasteiger partial charge in [-0.15, -0.1) is 0 Å². The van der Waals surface area contributed by atoms with E-state index in [2.05, 4.69) is 15.9 Å². The van der Waals surface area contributed by atoms with Crippen molar-refractivity contribution in [1.82, 2.24) is 0 Å². The van der Waals surface area contributed by atoms with Crippen LogP contribution in [0.3, 0.4) is 0 Å². The van der Waals surface area contributed by atoms with E-state index in [9.17, 15) is 9.90 Å². The van der Waals surface area contributed by atoms with E-state index in [1.165, 1.54) is 0 Å². The third kappa shape index (κ3) is 2.31. The lowest BCUT2D eigenvalue weighted by Crippen LogP contribution is -1.99. The molecule has 0 amide bonds. The first-order valence-corrected chi connectivity index (χ1v) is 4.78. The van der Waals surface area contributed by atoms with Gasteiger partial charge in [0, 0.05) is 6.42 Å². The molecule has 0 aliphatic carbocycles. The van der Waals surface area contributed by atoms with E-state index in [4.69, 9.17) is 0 Å². The lowest BCUT2D eigenvalue weighted by molar-refractivity contribution is -0.116. The standard InChI is InChI=1S/C10H11BrO2/c1-6(12)5-8-3-4-9(13)10(11)7(8)2/h3-4,13H,5H2,1-2H3. The van der Waals surface area contributed by atoms with Crippen LogP contribution in [0.4, 0.5) is 0 Å². The van der Waals surface area contributed by atoms with Gasteiger partial charge < -0.3 is 5.11 Å². The minimum absolute atomic E-state index is 0.126. The lowest BCUT2D eigenvalue weighted by atomic mass is 10.0. The van der Waals surface area contributed by atoms with Gasteiger partial charge in [-0.25, -0.2) is 0 Å². The molecule has 1 N–H and O–H groups in total. The molecule has 2 nitrogen and oxygen atoms in total. The highest BCUT2D eigenvalue weighted by atomic mass is 79.9. The van der Waals surface area contributed by atoms with E-state index in [0.29, 0.717) is 10.9 Å². The molecule has 0 unspecified atom stereocenters. The molecular formula is C10H11BrO2. The van der Waals surface area contributed by atoms with Gasteiger partial charge in [0.25, 0.3) is 0 Å². The molecule has 1 aromatic rings. The van der Waals surface area contributed by atoms with Crippen molar-refractivity contribution >= 4 is 21.7 Å². The predicted molar refractivity (Wildman–Crippen MR) is 54.9 cm³/mol. The number of benzene rings is 1. The number of halogens is 1. The second kappa shape index (κ2) is 3.92. The van der Waals surface area contributed by atoms with Gasteiger partial charge in [0.2, 0.25) is 0 Å². The largest absolute Gasteiger partial charge is 0.507 e. The highest BCUT2D eigenvalue weighted by Crippen LogP contribution is 2.29. The second-order valence-electron chi connectivity index (χ2n) is 3.06. The molecule has 0 saturated carbocycles. The summed E-state index contributed by atoms with van der Waals surface area (Å²) in [6.45, 7) is 3.43. The van der Waals surface area contributed by atoms with E-state index >= 15 is 0 Å². The Morgan fingerprint density at radius 1 is 1.54 bits per heavy atom. The summed E-state index contributed by atoms with van der Waals surface area (Å²) >= 11 is 3.26. The molecular weight excluding hydrogens is 232 g/mol. The van der Waals surface area contributed by atoms with Crippen molar-refractivity contribution < 1.29 is 9.90 Å². The molecule has 0 bridgehead atoms. The number of carbonyl (C=O) groups is 1. The zero-order valence-electron chi connectivity index (χ0n) is 7.60. The van der Waals surface area contributed by atoms with E-state index in [1.807, 2.05) is 6.92 Å². The highest BCUT2D eigenvalue weighted by Gasteiger charge is 2.07. The minimum Gasteiger partial charge on any atom is -0.507 e. The van der Waals surface area contributed by atoms with E-state index < -0.39 is 0 Å². The van der Waals surface area contributed by atoms with Crippen molar-refractivity contribution in [3.63, 3.8) is 0 Å². The van der Waals surface area contributed by atoms with Gasteiger partial charge in [-0.3, -0.25) is 4.79 Å². The van der Waals surface area contributed by atoms with Gasteiger partial charge in [-0.05, 0) is 47.0 Å². The zero-order chi connectivity index (χ0) is 10.0. The summed E-state index contributed by atoms with van der Waals surface area (Å²) < 4.78 is 0.672. The summed E-state index contributed by atoms with van der Waals surface area (Å²) in [6.07, 6.45) is 0.421. The molecule has 0 aliphatic rings. The molecule has 0 atom stereocenters. The molecule has 0 fully saturated rings. The maximum atomic E-state index is 10.9. The Balaban J connectivity index is 3.10. The number of Topliss-reactive ketones (excluding diaryl/α,β-unsaturated/α-hetero) is 1. The molecule has 0 spiro atoms. The number of hydrogen-bond donors (Lipinski definition) is 1. The molecule has 13 heavy (non-hydrogen) atoms. The van der Waals surface area contributed by atoms with Crippen LogP contribution in [0.5, 0.6) is 5.75 Å². The summed E-state index contributed by atoms with van der Waals surface area (Å²) in [4.78, 5) is 10.9. The van der Waals surface area contributed by atoms with Crippen LogP contribution in [-0.4, -0.2) is 10.9 Å². The second-order valence-corrected chi connectivity index (χ2v) is 3.85. The van der Waals surface area contributed by atoms with Crippen LogP contribution in [0.2, 0.25) is 0 Å². The van der Waals surface area contributed by atoms with Crippen molar-refractivity contribution in [3.05, 3.63) is 27.7 Å². The summed E-state index contributed by atoms with van der Waals surface area (Å²) in [7, 11) is 0. The molecule has 0 heterocycles. The molecule has 0 saturated heterocycles. The molecule has 1 aromatic carbocycles. The topological polar surface area (TPSA) is 37.3 Å². The van der Waals surface area contributed by atoms with Crippen LogP contribution in [0, 0.1) is 6.92 Å². The van der Waals surface area contributed by atoms with Crippen LogP contribution in [0.15, 0.2) is 16.6 Å². The first-order valence-electron chi connectivity index (χ1n) is 3.98. The number of phenolic OH excluding ortho intramolecular Hbond substituents is 1. The Kier molecular flexibility index (Phi) is 3.09. The summed E-state index contributed by atoms with van der Waals surface area (Å²) in [5, 5.41) is 9.33. The SMILES string of the molecule is CC(=O)Cc1ccc(O)c(Br)c1C. The predicted octanol–water partition coefficient (Wildman–Crippen LogP) is 2.59. The summed E-state index contributed by atoms with van der Waals surface area (Å²) in [5.41, 5.74) is 1.88. The quantitative estimate of drug-likeness (QED) is 0.866. The molecule has 3 heteroatoms. The Morgan fingerprint density at radius 3 is 2.69 bits per heavy atom. The number of aromatic hydroxyl groups is 1. The monoisotopic (exact) mass is 242 g/mol. The Morgan fingerprint density at radius 2 is 2.15 bits per heavy atom. The molecule has 70 valence electrons. The first kappa shape index (κ1) is 10.3. The van der Waals surface area contributed by atoms with E-state index in [-0.39, 0.29) is 11.5 Å². The average molecular weight is 243 g/mol. The van der Waals surface area contributed by atoms with Crippen LogP contribution in [0.1, 0.15) is 18.1 Å². The third-order valence-electron chi connectivity index (χ3n) is 1.92. The fraction of sp³-hybridized carbons (Fsp3) is 0.300. The highest BCUT2D eigenvalue weighted by molar-refractivity contribution is 9.10.